The number of amides is 2. The van der Waals surface area contributed by atoms with Crippen molar-refractivity contribution in [3.63, 3.8) is 0 Å². The van der Waals surface area contributed by atoms with Crippen LogP contribution in [0, 0.1) is 0 Å². The third-order valence-electron chi connectivity index (χ3n) is 9.29. The van der Waals surface area contributed by atoms with E-state index in [-0.39, 0.29) is 49.2 Å². The minimum absolute atomic E-state index is 0.00835. The molecule has 14 nitrogen and oxygen atoms in total. The molecular weight excluding hydrogens is 741 g/mol. The maximum atomic E-state index is 13.3. The van der Waals surface area contributed by atoms with E-state index in [1.807, 2.05) is 0 Å². The van der Waals surface area contributed by atoms with E-state index in [4.69, 9.17) is 28.4 Å². The van der Waals surface area contributed by atoms with Crippen molar-refractivity contribution in [2.24, 2.45) is 0 Å². The van der Waals surface area contributed by atoms with Crippen LogP contribution in [0.3, 0.4) is 0 Å². The lowest BCUT2D eigenvalue weighted by Crippen LogP contribution is -2.49. The van der Waals surface area contributed by atoms with Crippen molar-refractivity contribution < 1.29 is 54.8 Å². The van der Waals surface area contributed by atoms with Crippen LogP contribution in [0.1, 0.15) is 69.2 Å². The van der Waals surface area contributed by atoms with Crippen LogP contribution in [0.4, 0.5) is 9.59 Å². The average Bonchev–Trinajstić information content (AvgIpc) is 3.79. The van der Waals surface area contributed by atoms with Gasteiger partial charge in [0.2, 0.25) is 0 Å². The summed E-state index contributed by atoms with van der Waals surface area (Å²) in [6.45, 7) is 18.0. The molecule has 0 N–H and O–H groups in total. The number of ether oxygens (including phenoxy) is 6. The van der Waals surface area contributed by atoms with Crippen LogP contribution in [0.5, 0.6) is 0 Å². The van der Waals surface area contributed by atoms with Crippen molar-refractivity contribution in [1.82, 2.24) is 9.80 Å². The topological polar surface area (TPSA) is 164 Å². The van der Waals surface area contributed by atoms with Crippen molar-refractivity contribution in [3.8, 4) is 0 Å². The molecule has 2 amide bonds. The van der Waals surface area contributed by atoms with Gasteiger partial charge in [0.1, 0.15) is 32.9 Å². The normalized spacial score (nSPS) is 27.9. The van der Waals surface area contributed by atoms with Crippen molar-refractivity contribution in [3.05, 3.63) is 60.7 Å². The molecule has 4 atom stereocenters. The number of likely N-dealkylation sites (tertiary alicyclic amines) is 2. The highest BCUT2D eigenvalue weighted by Gasteiger charge is 2.63. The van der Waals surface area contributed by atoms with Crippen LogP contribution in [0.15, 0.2) is 70.5 Å². The quantitative estimate of drug-likeness (QED) is 0.398. The van der Waals surface area contributed by atoms with E-state index in [1.165, 1.54) is 9.80 Å². The molecule has 0 aromatic heterocycles. The first-order chi connectivity index (χ1) is 24.7. The van der Waals surface area contributed by atoms with Gasteiger partial charge in [0.25, 0.3) is 0 Å². The predicted molar refractivity (Wildman–Crippen MR) is 198 cm³/mol. The highest BCUT2D eigenvalue weighted by atomic mass is 32.2. The zero-order valence-corrected chi connectivity index (χ0v) is 34.4. The Labute approximate surface area is 319 Å². The van der Waals surface area contributed by atoms with Crippen LogP contribution in [-0.4, -0.2) is 123 Å². The maximum absolute atomic E-state index is 13.3. The van der Waals surface area contributed by atoms with Crippen LogP contribution < -0.4 is 0 Å². The Morgan fingerprint density at radius 2 is 0.926 bits per heavy atom. The number of carbonyl (C=O) groups excluding carboxylic acids is 2. The molecule has 300 valence electrons. The van der Waals surface area contributed by atoms with E-state index in [9.17, 15) is 26.4 Å². The Morgan fingerprint density at radius 3 is 1.19 bits per heavy atom. The fourth-order valence-corrected chi connectivity index (χ4v) is 11.1. The lowest BCUT2D eigenvalue weighted by atomic mass is 10.0. The molecule has 2 aromatic rings. The van der Waals surface area contributed by atoms with E-state index in [1.54, 1.807) is 130 Å². The molecule has 16 heteroatoms. The van der Waals surface area contributed by atoms with Gasteiger partial charge in [-0.1, -0.05) is 36.4 Å². The first-order valence-electron chi connectivity index (χ1n) is 17.9. The second kappa shape index (κ2) is 14.3. The van der Waals surface area contributed by atoms with Crippen molar-refractivity contribution in [1.29, 1.82) is 0 Å². The molecule has 0 bridgehead atoms. The SMILES string of the molecule is CC(C)(C)OC(=O)N1C[C@H](S(=O)(=O)c2ccccc2)[C@@]2(COC(C)(C)O2)C1.CC(C)(C)OC(=O)N1C[C@H](S(=O)(=O)c2ccccc2)[C@]2(COC(C)(C)O2)C1. The number of nitrogens with zero attached hydrogens (tertiary/aromatic N) is 2. The van der Waals surface area contributed by atoms with Gasteiger partial charge in [-0.2, -0.15) is 0 Å². The molecule has 4 aliphatic heterocycles. The lowest BCUT2D eigenvalue weighted by molar-refractivity contribution is -0.157. The molecular formula is C38H54N2O12S2. The van der Waals surface area contributed by atoms with Gasteiger partial charge in [0, 0.05) is 13.1 Å². The number of carbonyl (C=O) groups is 2. The minimum atomic E-state index is -3.75. The second-order valence-corrected chi connectivity index (χ2v) is 21.4. The molecule has 4 heterocycles. The van der Waals surface area contributed by atoms with Crippen molar-refractivity contribution >= 4 is 31.9 Å². The van der Waals surface area contributed by atoms with Gasteiger partial charge >= 0.3 is 12.2 Å². The van der Waals surface area contributed by atoms with Crippen LogP contribution in [0.2, 0.25) is 0 Å². The van der Waals surface area contributed by atoms with Gasteiger partial charge in [-0.3, -0.25) is 0 Å². The summed E-state index contributed by atoms with van der Waals surface area (Å²) in [5.74, 6) is -1.84. The summed E-state index contributed by atoms with van der Waals surface area (Å²) in [7, 11) is -7.49. The Kier molecular flexibility index (Phi) is 11.1. The molecule has 4 fully saturated rings. The highest BCUT2D eigenvalue weighted by Crippen LogP contribution is 2.44. The molecule has 0 aliphatic carbocycles. The maximum Gasteiger partial charge on any atom is 0.410 e. The Morgan fingerprint density at radius 1 is 0.611 bits per heavy atom. The van der Waals surface area contributed by atoms with Gasteiger partial charge in [-0.05, 0) is 93.5 Å². The van der Waals surface area contributed by atoms with Gasteiger partial charge in [-0.15, -0.1) is 0 Å². The zero-order valence-electron chi connectivity index (χ0n) is 32.8. The predicted octanol–water partition coefficient (Wildman–Crippen LogP) is 5.20. The van der Waals surface area contributed by atoms with E-state index in [0.29, 0.717) is 0 Å². The van der Waals surface area contributed by atoms with Gasteiger partial charge in [0.05, 0.1) is 36.1 Å². The minimum Gasteiger partial charge on any atom is -0.444 e. The molecule has 2 aromatic carbocycles. The Bertz CT molecular complexity index is 1770. The Balaban J connectivity index is 0.000000208. The third kappa shape index (κ3) is 9.05. The van der Waals surface area contributed by atoms with Crippen molar-refractivity contribution in [2.75, 3.05) is 39.4 Å². The first kappa shape index (κ1) is 41.9. The summed E-state index contributed by atoms with van der Waals surface area (Å²) in [5, 5.41) is -1.89. The fraction of sp³-hybridized carbons (Fsp3) is 0.632. The zero-order chi connectivity index (χ0) is 40.2. The monoisotopic (exact) mass is 794 g/mol. The Hall–Kier alpha value is -3.28. The molecule has 0 saturated carbocycles. The molecule has 6 rings (SSSR count). The van der Waals surface area contributed by atoms with Crippen LogP contribution in [0.25, 0.3) is 0 Å². The van der Waals surface area contributed by atoms with Gasteiger partial charge in [0.15, 0.2) is 31.2 Å². The molecule has 4 aliphatic rings. The van der Waals surface area contributed by atoms with E-state index in [2.05, 4.69) is 0 Å². The second-order valence-electron chi connectivity index (χ2n) is 17.1. The number of rotatable bonds is 4. The smallest absolute Gasteiger partial charge is 0.410 e. The highest BCUT2D eigenvalue weighted by molar-refractivity contribution is 7.92. The average molecular weight is 795 g/mol. The fourth-order valence-electron chi connectivity index (χ4n) is 7.12. The molecule has 4 saturated heterocycles. The van der Waals surface area contributed by atoms with E-state index in [0.717, 1.165) is 0 Å². The van der Waals surface area contributed by atoms with E-state index < -0.39 is 76.3 Å². The van der Waals surface area contributed by atoms with Gasteiger partial charge in [-0.25, -0.2) is 26.4 Å². The molecule has 0 radical (unpaired) electrons. The lowest BCUT2D eigenvalue weighted by Gasteiger charge is -2.29. The summed E-state index contributed by atoms with van der Waals surface area (Å²) >= 11 is 0. The number of benzene rings is 2. The summed E-state index contributed by atoms with van der Waals surface area (Å²) in [6.07, 6.45) is -1.11. The first-order valence-corrected chi connectivity index (χ1v) is 21.0. The summed E-state index contributed by atoms with van der Waals surface area (Å²) in [5.41, 5.74) is -3.61. The molecule has 54 heavy (non-hydrogen) atoms. The van der Waals surface area contributed by atoms with Gasteiger partial charge < -0.3 is 38.2 Å². The van der Waals surface area contributed by atoms with Crippen LogP contribution >= 0.6 is 0 Å². The number of sulfone groups is 2. The van der Waals surface area contributed by atoms with Crippen molar-refractivity contribution in [2.45, 2.75) is 124 Å². The summed E-state index contributed by atoms with van der Waals surface area (Å²) in [6, 6.07) is 16.4. The largest absolute Gasteiger partial charge is 0.444 e. The summed E-state index contributed by atoms with van der Waals surface area (Å²) < 4.78 is 87.8. The summed E-state index contributed by atoms with van der Waals surface area (Å²) in [4.78, 5) is 28.4. The van der Waals surface area contributed by atoms with E-state index >= 15 is 0 Å². The third-order valence-corrected chi connectivity index (χ3v) is 13.8. The van der Waals surface area contributed by atoms with Crippen LogP contribution in [-0.2, 0) is 48.1 Å². The standard InChI is InChI=1S/2C19H27NO6S/c2*1-17(2,3)25-16(21)20-11-15(19(12-20)13-24-18(4,5)26-19)27(22,23)14-9-7-6-8-10-14/h2*6-10,15H,11-13H2,1-5H3/t15-,19+;15-,19-/m00/s1. The number of hydrogen-bond acceptors (Lipinski definition) is 12. The molecule has 0 unspecified atom stereocenters. The molecule has 2 spiro atoms. The number of hydrogen-bond donors (Lipinski definition) is 0.